The quantitative estimate of drug-likeness (QED) is 0.137. The number of benzene rings is 3. The van der Waals surface area contributed by atoms with Crippen LogP contribution < -0.4 is 4.90 Å². The summed E-state index contributed by atoms with van der Waals surface area (Å²) in [4.78, 5) is 57.8. The van der Waals surface area contributed by atoms with Gasteiger partial charge < -0.3 is 4.74 Å². The highest BCUT2D eigenvalue weighted by molar-refractivity contribution is 6.22. The van der Waals surface area contributed by atoms with Crippen molar-refractivity contribution in [2.45, 2.75) is 19.8 Å². The number of hydrogen-bond acceptors (Lipinski definition) is 6. The molecule has 2 amide bonds. The first kappa shape index (κ1) is 25.4. The topological polar surface area (TPSA) is 93.6 Å². The summed E-state index contributed by atoms with van der Waals surface area (Å²) in [6.45, 7) is 1.53. The maximum atomic E-state index is 13.2. The molecular formula is C33H26N2O5. The summed E-state index contributed by atoms with van der Waals surface area (Å²) in [5.41, 5.74) is 4.06. The minimum Gasteiger partial charge on any atom is -0.454 e. The molecule has 0 saturated carbocycles. The van der Waals surface area contributed by atoms with Crippen LogP contribution in [0.3, 0.4) is 0 Å². The van der Waals surface area contributed by atoms with Crippen molar-refractivity contribution >= 4 is 40.2 Å². The predicted molar refractivity (Wildman–Crippen MR) is 151 cm³/mol. The third-order valence-corrected chi connectivity index (χ3v) is 7.62. The van der Waals surface area contributed by atoms with Crippen LogP contribution in [0.2, 0.25) is 0 Å². The number of nitrogens with zero attached hydrogens (tertiary/aromatic N) is 2. The number of carbonyl (C=O) groups is 4. The third-order valence-electron chi connectivity index (χ3n) is 7.62. The smallest absolute Gasteiger partial charge is 0.339 e. The molecule has 0 spiro atoms. The number of rotatable bonds is 6. The number of hydrogen-bond donors (Lipinski definition) is 0. The normalized spacial score (nSPS) is 18.2. The monoisotopic (exact) mass is 530 g/mol. The van der Waals surface area contributed by atoms with Crippen LogP contribution in [0.4, 0.5) is 5.69 Å². The Balaban J connectivity index is 1.30. The number of anilines is 1. The number of ketones is 1. The van der Waals surface area contributed by atoms with E-state index in [4.69, 9.17) is 9.72 Å². The number of ether oxygens (including phenoxy) is 1. The number of amides is 2. The number of Topliss-reactive ketones (excluding diaryl/α,β-unsaturated/α-hetero) is 1. The molecule has 0 N–H and O–H groups in total. The van der Waals surface area contributed by atoms with Gasteiger partial charge in [-0.15, -0.1) is 0 Å². The highest BCUT2D eigenvalue weighted by Crippen LogP contribution is 2.38. The highest BCUT2D eigenvalue weighted by atomic mass is 16.5. The zero-order chi connectivity index (χ0) is 27.8. The molecular weight excluding hydrogens is 504 g/mol. The van der Waals surface area contributed by atoms with Crippen molar-refractivity contribution in [1.82, 2.24) is 4.98 Å². The van der Waals surface area contributed by atoms with E-state index in [1.165, 1.54) is 4.90 Å². The molecule has 7 nitrogen and oxygen atoms in total. The summed E-state index contributed by atoms with van der Waals surface area (Å²) in [6.07, 6.45) is 5.10. The minimum absolute atomic E-state index is 0.165. The number of esters is 1. The number of carbonyl (C=O) groups excluding carboxylic acids is 4. The molecule has 3 aromatic carbocycles. The van der Waals surface area contributed by atoms with Gasteiger partial charge in [0.2, 0.25) is 11.8 Å². The van der Waals surface area contributed by atoms with Gasteiger partial charge in [0.1, 0.15) is 0 Å². The van der Waals surface area contributed by atoms with E-state index in [2.05, 4.69) is 0 Å². The molecule has 6 rings (SSSR count). The molecule has 40 heavy (non-hydrogen) atoms. The van der Waals surface area contributed by atoms with Gasteiger partial charge in [0.15, 0.2) is 12.4 Å². The second-order valence-electron chi connectivity index (χ2n) is 10.1. The van der Waals surface area contributed by atoms with Gasteiger partial charge in [-0.05, 0) is 43.5 Å². The van der Waals surface area contributed by atoms with E-state index in [0.717, 1.165) is 5.56 Å². The van der Waals surface area contributed by atoms with Crippen molar-refractivity contribution in [1.29, 1.82) is 0 Å². The SMILES string of the molecule is Cc1cccc2c(C(=O)OCC(=O)c3ccccc3)cc(-c3ccc(N4C(=O)C5CC=CCC5C4=O)cc3)nc12. The Labute approximate surface area is 231 Å². The highest BCUT2D eigenvalue weighted by Gasteiger charge is 2.47. The van der Waals surface area contributed by atoms with Crippen LogP contribution in [0, 0.1) is 18.8 Å². The molecule has 2 unspecified atom stereocenters. The Hall–Kier alpha value is -4.91. The van der Waals surface area contributed by atoms with Crippen LogP contribution in [-0.4, -0.2) is 35.2 Å². The van der Waals surface area contributed by atoms with Gasteiger partial charge in [-0.2, -0.15) is 0 Å². The average molecular weight is 531 g/mol. The number of imide groups is 1. The lowest BCUT2D eigenvalue weighted by molar-refractivity contribution is -0.122. The minimum atomic E-state index is -0.621. The van der Waals surface area contributed by atoms with E-state index in [-0.39, 0.29) is 36.0 Å². The Morgan fingerprint density at radius 2 is 1.55 bits per heavy atom. The lowest BCUT2D eigenvalue weighted by Crippen LogP contribution is -2.30. The van der Waals surface area contributed by atoms with Gasteiger partial charge in [-0.1, -0.05) is 72.8 Å². The fourth-order valence-electron chi connectivity index (χ4n) is 5.46. The Bertz CT molecular complexity index is 1670. The van der Waals surface area contributed by atoms with E-state index < -0.39 is 5.97 Å². The van der Waals surface area contributed by atoms with Crippen LogP contribution in [0.1, 0.15) is 39.1 Å². The van der Waals surface area contributed by atoms with Gasteiger partial charge >= 0.3 is 5.97 Å². The number of fused-ring (bicyclic) bond motifs is 2. The number of aromatic nitrogens is 1. The van der Waals surface area contributed by atoms with E-state index in [1.54, 1.807) is 60.7 Å². The Morgan fingerprint density at radius 3 is 2.23 bits per heavy atom. The Morgan fingerprint density at radius 1 is 0.875 bits per heavy atom. The molecule has 0 bridgehead atoms. The zero-order valence-electron chi connectivity index (χ0n) is 21.9. The summed E-state index contributed by atoms with van der Waals surface area (Å²) >= 11 is 0. The first-order valence-electron chi connectivity index (χ1n) is 13.2. The summed E-state index contributed by atoms with van der Waals surface area (Å²) in [5, 5.41) is 0.627. The number of pyridine rings is 1. The van der Waals surface area contributed by atoms with Crippen molar-refractivity contribution < 1.29 is 23.9 Å². The maximum Gasteiger partial charge on any atom is 0.339 e. The van der Waals surface area contributed by atoms with Crippen LogP contribution in [-0.2, 0) is 14.3 Å². The lowest BCUT2D eigenvalue weighted by atomic mass is 9.85. The summed E-state index contributed by atoms with van der Waals surface area (Å²) < 4.78 is 5.44. The fourth-order valence-corrected chi connectivity index (χ4v) is 5.46. The van der Waals surface area contributed by atoms with Crippen LogP contribution in [0.15, 0.2) is 91.0 Å². The maximum absolute atomic E-state index is 13.2. The number of allylic oxidation sites excluding steroid dienone is 2. The van der Waals surface area contributed by atoms with E-state index in [9.17, 15) is 19.2 Å². The predicted octanol–water partition coefficient (Wildman–Crippen LogP) is 5.71. The van der Waals surface area contributed by atoms with Crippen molar-refractivity contribution in [2.75, 3.05) is 11.5 Å². The van der Waals surface area contributed by atoms with Gasteiger partial charge in [0, 0.05) is 16.5 Å². The molecule has 7 heteroatoms. The average Bonchev–Trinajstić information content (AvgIpc) is 3.25. The van der Waals surface area contributed by atoms with E-state index in [1.807, 2.05) is 37.3 Å². The molecule has 4 aromatic rings. The van der Waals surface area contributed by atoms with Crippen molar-refractivity contribution in [2.24, 2.45) is 11.8 Å². The molecule has 198 valence electrons. The summed E-state index contributed by atoms with van der Waals surface area (Å²) in [6, 6.07) is 22.9. The first-order chi connectivity index (χ1) is 19.4. The van der Waals surface area contributed by atoms with Crippen LogP contribution >= 0.6 is 0 Å². The number of aryl methyl sites for hydroxylation is 1. The first-order valence-corrected chi connectivity index (χ1v) is 13.2. The standard InChI is InChI=1S/C33H26N2O5/c1-20-8-7-13-24-27(33(39)40-19-29(36)22-9-3-2-4-10-22)18-28(34-30(20)24)21-14-16-23(17-15-21)35-31(37)25-11-5-6-12-26(25)32(35)38/h2-10,13-18,25-26H,11-12,19H2,1H3. The van der Waals surface area contributed by atoms with Crippen molar-refractivity contribution in [3.8, 4) is 11.3 Å². The molecule has 1 aliphatic carbocycles. The summed E-state index contributed by atoms with van der Waals surface area (Å²) in [7, 11) is 0. The molecule has 2 atom stereocenters. The molecule has 1 fully saturated rings. The van der Waals surface area contributed by atoms with Gasteiger partial charge in [-0.3, -0.25) is 19.3 Å². The van der Waals surface area contributed by atoms with Crippen molar-refractivity contribution in [3.63, 3.8) is 0 Å². The Kier molecular flexibility index (Phi) is 6.56. The van der Waals surface area contributed by atoms with Crippen LogP contribution in [0.25, 0.3) is 22.2 Å². The molecule has 2 heterocycles. The van der Waals surface area contributed by atoms with Crippen LogP contribution in [0.5, 0.6) is 0 Å². The molecule has 2 aliphatic rings. The molecule has 1 saturated heterocycles. The second kappa shape index (κ2) is 10.3. The molecule has 1 aliphatic heterocycles. The lowest BCUT2D eigenvalue weighted by Gasteiger charge is -2.16. The molecule has 0 radical (unpaired) electrons. The van der Waals surface area contributed by atoms with Gasteiger partial charge in [0.25, 0.3) is 0 Å². The van der Waals surface area contributed by atoms with E-state index >= 15 is 0 Å². The van der Waals surface area contributed by atoms with Gasteiger partial charge in [-0.25, -0.2) is 9.78 Å². The largest absolute Gasteiger partial charge is 0.454 e. The van der Waals surface area contributed by atoms with Crippen molar-refractivity contribution in [3.05, 3.63) is 108 Å². The fraction of sp³-hybridized carbons (Fsp3) is 0.182. The zero-order valence-corrected chi connectivity index (χ0v) is 21.9. The second-order valence-corrected chi connectivity index (χ2v) is 10.1. The van der Waals surface area contributed by atoms with E-state index in [0.29, 0.717) is 51.8 Å². The third kappa shape index (κ3) is 4.49. The number of para-hydroxylation sites is 1. The molecule has 1 aromatic heterocycles. The van der Waals surface area contributed by atoms with Gasteiger partial charge in [0.05, 0.1) is 34.3 Å². The summed E-state index contributed by atoms with van der Waals surface area (Å²) in [5.74, 6) is -1.84.